The number of hydrogen-bond donors (Lipinski definition) is 2. The van der Waals surface area contributed by atoms with Crippen molar-refractivity contribution in [3.8, 4) is 0 Å². The summed E-state index contributed by atoms with van der Waals surface area (Å²) in [4.78, 5) is 12.6. The van der Waals surface area contributed by atoms with Crippen LogP contribution in [0.15, 0.2) is 22.6 Å². The van der Waals surface area contributed by atoms with Gasteiger partial charge in [0.1, 0.15) is 5.58 Å². The molecule has 1 aromatic carbocycles. The van der Waals surface area contributed by atoms with Crippen LogP contribution in [-0.2, 0) is 4.74 Å². The molecule has 5 heteroatoms. The number of hydrogen-bond acceptors (Lipinski definition) is 4. The molecule has 2 N–H and O–H groups in total. The molecule has 0 radical (unpaired) electrons. The van der Waals surface area contributed by atoms with Gasteiger partial charge in [0, 0.05) is 24.7 Å². The molecule has 1 heterocycles. The van der Waals surface area contributed by atoms with E-state index in [0.717, 1.165) is 22.1 Å². The van der Waals surface area contributed by atoms with E-state index in [-0.39, 0.29) is 12.5 Å². The van der Waals surface area contributed by atoms with Crippen LogP contribution in [0.4, 0.5) is 0 Å². The summed E-state index contributed by atoms with van der Waals surface area (Å²) in [5, 5.41) is 13.0. The van der Waals surface area contributed by atoms with Crippen molar-refractivity contribution in [3.05, 3.63) is 35.1 Å². The number of carbonyl (C=O) groups is 1. The number of carbonyl (C=O) groups excluding carboxylic acids is 1. The molecule has 0 saturated heterocycles. The van der Waals surface area contributed by atoms with E-state index in [0.29, 0.717) is 18.8 Å². The van der Waals surface area contributed by atoms with Crippen LogP contribution in [0.3, 0.4) is 0 Å². The summed E-state index contributed by atoms with van der Waals surface area (Å²) in [6.45, 7) is 5.96. The van der Waals surface area contributed by atoms with Crippen LogP contribution < -0.4 is 5.32 Å². The molecule has 0 saturated carbocycles. The number of ether oxygens (including phenoxy) is 1. The van der Waals surface area contributed by atoms with Crippen molar-refractivity contribution in [1.29, 1.82) is 0 Å². The van der Waals surface area contributed by atoms with E-state index in [1.807, 2.05) is 39.0 Å². The quantitative estimate of drug-likeness (QED) is 0.860. The number of amides is 1. The summed E-state index contributed by atoms with van der Waals surface area (Å²) >= 11 is 0. The van der Waals surface area contributed by atoms with Gasteiger partial charge in [-0.3, -0.25) is 4.79 Å². The topological polar surface area (TPSA) is 71.7 Å². The van der Waals surface area contributed by atoms with E-state index >= 15 is 0 Å². The highest BCUT2D eigenvalue weighted by atomic mass is 16.5. The number of nitrogens with one attached hydrogen (secondary N) is 1. The first-order chi connectivity index (χ1) is 10.4. The molecule has 120 valence electrons. The molecule has 2 rings (SSSR count). The van der Waals surface area contributed by atoms with Crippen LogP contribution in [0.2, 0.25) is 0 Å². The molecule has 1 unspecified atom stereocenters. The Labute approximate surface area is 130 Å². The average Bonchev–Trinajstić information content (AvgIpc) is 2.78. The average molecular weight is 305 g/mol. The number of aliphatic hydroxyl groups is 1. The molecule has 5 nitrogen and oxygen atoms in total. The lowest BCUT2D eigenvalue weighted by molar-refractivity contribution is 0.0704. The van der Waals surface area contributed by atoms with Crippen molar-refractivity contribution in [1.82, 2.24) is 5.32 Å². The van der Waals surface area contributed by atoms with Crippen LogP contribution in [0.25, 0.3) is 11.0 Å². The first-order valence-corrected chi connectivity index (χ1v) is 7.33. The Bertz CT molecular complexity index is 669. The molecule has 1 aromatic heterocycles. The highest BCUT2D eigenvalue weighted by molar-refractivity contribution is 5.99. The fourth-order valence-electron chi connectivity index (χ4n) is 2.67. The summed E-state index contributed by atoms with van der Waals surface area (Å²) in [7, 11) is 1.57. The van der Waals surface area contributed by atoms with Gasteiger partial charge < -0.3 is 19.6 Å². The van der Waals surface area contributed by atoms with E-state index in [2.05, 4.69) is 5.32 Å². The highest BCUT2D eigenvalue weighted by Crippen LogP contribution is 2.28. The second-order valence-corrected chi connectivity index (χ2v) is 5.93. The fourth-order valence-corrected chi connectivity index (χ4v) is 2.67. The molecule has 0 aliphatic carbocycles. The van der Waals surface area contributed by atoms with E-state index < -0.39 is 5.54 Å². The third-order valence-corrected chi connectivity index (χ3v) is 3.91. The van der Waals surface area contributed by atoms with E-state index in [4.69, 9.17) is 9.15 Å². The third kappa shape index (κ3) is 3.15. The normalized spacial score (nSPS) is 14.0. The van der Waals surface area contributed by atoms with Gasteiger partial charge in [-0.1, -0.05) is 18.2 Å². The van der Waals surface area contributed by atoms with Crippen molar-refractivity contribution in [2.45, 2.75) is 32.7 Å². The minimum Gasteiger partial charge on any atom is -0.450 e. The third-order valence-electron chi connectivity index (χ3n) is 3.91. The Balaban J connectivity index is 2.33. The van der Waals surface area contributed by atoms with Crippen LogP contribution in [-0.4, -0.2) is 36.9 Å². The predicted octanol–water partition coefficient (Wildman–Crippen LogP) is 2.57. The van der Waals surface area contributed by atoms with Gasteiger partial charge >= 0.3 is 0 Å². The largest absolute Gasteiger partial charge is 0.450 e. The Morgan fingerprint density at radius 3 is 2.73 bits per heavy atom. The monoisotopic (exact) mass is 305 g/mol. The summed E-state index contributed by atoms with van der Waals surface area (Å²) in [5.74, 6) is 0.0191. The zero-order valence-corrected chi connectivity index (χ0v) is 13.5. The lowest BCUT2D eigenvalue weighted by Crippen LogP contribution is -2.50. The lowest BCUT2D eigenvalue weighted by Gasteiger charge is -2.29. The van der Waals surface area contributed by atoms with Gasteiger partial charge in [0.25, 0.3) is 5.91 Å². The maximum atomic E-state index is 12.6. The molecule has 1 amide bonds. The number of methoxy groups -OCH3 is 1. The molecule has 22 heavy (non-hydrogen) atoms. The molecular formula is C17H23NO4. The zero-order valence-electron chi connectivity index (χ0n) is 13.5. The first kappa shape index (κ1) is 16.5. The minimum absolute atomic E-state index is 0.0294. The number of para-hydroxylation sites is 1. The van der Waals surface area contributed by atoms with Crippen LogP contribution in [0.1, 0.15) is 35.0 Å². The Morgan fingerprint density at radius 1 is 1.41 bits per heavy atom. The van der Waals surface area contributed by atoms with Crippen LogP contribution in [0.5, 0.6) is 0 Å². The van der Waals surface area contributed by atoms with Crippen LogP contribution >= 0.6 is 0 Å². The smallest absolute Gasteiger partial charge is 0.287 e. The Kier molecular flexibility index (Phi) is 4.88. The second-order valence-electron chi connectivity index (χ2n) is 5.93. The number of aliphatic hydroxyl groups excluding tert-OH is 1. The molecule has 2 aromatic rings. The first-order valence-electron chi connectivity index (χ1n) is 7.33. The van der Waals surface area contributed by atoms with Crippen molar-refractivity contribution >= 4 is 16.9 Å². The molecule has 0 fully saturated rings. The summed E-state index contributed by atoms with van der Waals surface area (Å²) in [5.41, 5.74) is 1.91. The van der Waals surface area contributed by atoms with Gasteiger partial charge in [-0.2, -0.15) is 0 Å². The highest BCUT2D eigenvalue weighted by Gasteiger charge is 2.29. The van der Waals surface area contributed by atoms with Gasteiger partial charge in [0.05, 0.1) is 12.1 Å². The molecule has 0 bridgehead atoms. The second kappa shape index (κ2) is 6.50. The fraction of sp³-hybridized carbons (Fsp3) is 0.471. The molecule has 0 aliphatic rings. The van der Waals surface area contributed by atoms with Crippen molar-refractivity contribution in [2.24, 2.45) is 0 Å². The van der Waals surface area contributed by atoms with Crippen molar-refractivity contribution in [3.63, 3.8) is 0 Å². The number of benzene rings is 1. The number of fused-ring (bicyclic) bond motifs is 1. The molecule has 0 aliphatic heterocycles. The zero-order chi connectivity index (χ0) is 16.3. The van der Waals surface area contributed by atoms with Crippen molar-refractivity contribution < 1.29 is 19.1 Å². The summed E-state index contributed by atoms with van der Waals surface area (Å²) in [6, 6.07) is 5.84. The number of furan rings is 1. The van der Waals surface area contributed by atoms with Crippen molar-refractivity contribution in [2.75, 3.05) is 20.3 Å². The maximum Gasteiger partial charge on any atom is 0.287 e. The summed E-state index contributed by atoms with van der Waals surface area (Å²) < 4.78 is 10.9. The molecule has 1 atom stereocenters. The summed E-state index contributed by atoms with van der Waals surface area (Å²) in [6.07, 6.45) is 0.408. The van der Waals surface area contributed by atoms with E-state index in [9.17, 15) is 9.90 Å². The molecule has 0 spiro atoms. The lowest BCUT2D eigenvalue weighted by atomic mass is 9.99. The Hall–Kier alpha value is -1.85. The van der Waals surface area contributed by atoms with Gasteiger partial charge in [0.15, 0.2) is 5.76 Å². The van der Waals surface area contributed by atoms with Gasteiger partial charge in [-0.05, 0) is 32.8 Å². The van der Waals surface area contributed by atoms with Crippen LogP contribution in [0, 0.1) is 13.8 Å². The van der Waals surface area contributed by atoms with Gasteiger partial charge in [-0.15, -0.1) is 0 Å². The number of rotatable bonds is 6. The molecular weight excluding hydrogens is 282 g/mol. The number of aryl methyl sites for hydroxylation is 2. The van der Waals surface area contributed by atoms with E-state index in [1.165, 1.54) is 0 Å². The van der Waals surface area contributed by atoms with E-state index in [1.54, 1.807) is 7.11 Å². The predicted molar refractivity (Wildman–Crippen MR) is 85.1 cm³/mol. The van der Waals surface area contributed by atoms with Gasteiger partial charge in [0.2, 0.25) is 0 Å². The standard InChI is InChI=1S/C17H23NO4/c1-11-6-5-7-13-12(2)15(22-14(11)13)16(20)18-17(3,8-9-19)10-21-4/h5-7,19H,8-10H2,1-4H3,(H,18,20). The Morgan fingerprint density at radius 2 is 2.14 bits per heavy atom. The maximum absolute atomic E-state index is 12.6. The minimum atomic E-state index is -0.638. The van der Waals surface area contributed by atoms with Gasteiger partial charge in [-0.25, -0.2) is 0 Å². The SMILES string of the molecule is COCC(C)(CCO)NC(=O)c1oc2c(C)cccc2c1C.